The minimum absolute atomic E-state index is 0.0212. The van der Waals surface area contributed by atoms with Crippen molar-refractivity contribution >= 4 is 29.4 Å². The molecule has 32 heavy (non-hydrogen) atoms. The van der Waals surface area contributed by atoms with Gasteiger partial charge in [0, 0.05) is 63.4 Å². The van der Waals surface area contributed by atoms with Crippen LogP contribution < -0.4 is 5.32 Å². The van der Waals surface area contributed by atoms with Gasteiger partial charge in [-0.1, -0.05) is 0 Å². The zero-order valence-corrected chi connectivity index (χ0v) is 20.2. The molecule has 0 fully saturated rings. The summed E-state index contributed by atoms with van der Waals surface area (Å²) in [7, 11) is 5.17. The number of nitrogens with one attached hydrogen (secondary N) is 1. The molecule has 0 saturated heterocycles. The molecule has 0 atom stereocenters. The lowest BCUT2D eigenvalue weighted by Crippen LogP contribution is -2.45. The molecule has 1 N–H and O–H groups in total. The van der Waals surface area contributed by atoms with E-state index in [2.05, 4.69) is 5.32 Å². The number of hydrogen-bond acceptors (Lipinski definition) is 5. The molecule has 1 heterocycles. The topological polar surface area (TPSA) is 76.0 Å². The van der Waals surface area contributed by atoms with E-state index < -0.39 is 0 Å². The van der Waals surface area contributed by atoms with Crippen molar-refractivity contribution in [3.05, 3.63) is 48.3 Å². The molecule has 176 valence electrons. The van der Waals surface area contributed by atoms with Gasteiger partial charge in [-0.15, -0.1) is 11.8 Å². The lowest BCUT2D eigenvalue weighted by atomic mass is 10.3. The Morgan fingerprint density at radius 1 is 1.03 bits per heavy atom. The van der Waals surface area contributed by atoms with Crippen LogP contribution in [0.1, 0.15) is 12.1 Å². The average Bonchev–Trinajstić information content (AvgIpc) is 3.20. The Morgan fingerprint density at radius 3 is 2.34 bits per heavy atom. The average molecular weight is 463 g/mol. The summed E-state index contributed by atoms with van der Waals surface area (Å²) in [4.78, 5) is 30.5. The molecule has 0 radical (unpaired) electrons. The van der Waals surface area contributed by atoms with Crippen LogP contribution in [0.5, 0.6) is 0 Å². The first kappa shape index (κ1) is 25.8. The van der Waals surface area contributed by atoms with Gasteiger partial charge in [-0.05, 0) is 49.1 Å². The van der Waals surface area contributed by atoms with Crippen LogP contribution >= 0.6 is 11.8 Å². The van der Waals surface area contributed by atoms with Gasteiger partial charge in [0.2, 0.25) is 5.91 Å². The highest BCUT2D eigenvalue weighted by Crippen LogP contribution is 2.18. The molecule has 1 aromatic carbocycles. The molecule has 0 aliphatic carbocycles. The Hall–Kier alpha value is -2.49. The van der Waals surface area contributed by atoms with Crippen LogP contribution in [0.25, 0.3) is 0 Å². The maximum absolute atomic E-state index is 13.2. The number of carbonyl (C=O) groups is 2. The van der Waals surface area contributed by atoms with Crippen LogP contribution in [0, 0.1) is 0 Å². The van der Waals surface area contributed by atoms with Crippen molar-refractivity contribution in [2.24, 2.45) is 7.05 Å². The minimum atomic E-state index is -0.308. The molecule has 9 heteroatoms. The van der Waals surface area contributed by atoms with Gasteiger partial charge in [0.15, 0.2) is 0 Å². The Morgan fingerprint density at radius 2 is 1.75 bits per heavy atom. The summed E-state index contributed by atoms with van der Waals surface area (Å²) in [5, 5.41) is 2.90. The fourth-order valence-electron chi connectivity index (χ4n) is 3.14. The van der Waals surface area contributed by atoms with Gasteiger partial charge in [-0.2, -0.15) is 0 Å². The van der Waals surface area contributed by atoms with E-state index in [0.717, 1.165) is 10.6 Å². The molecule has 0 aliphatic heterocycles. The number of urea groups is 1. The zero-order chi connectivity index (χ0) is 23.3. The van der Waals surface area contributed by atoms with E-state index in [-0.39, 0.29) is 18.5 Å². The van der Waals surface area contributed by atoms with E-state index in [1.807, 2.05) is 60.5 Å². The van der Waals surface area contributed by atoms with Crippen LogP contribution in [-0.4, -0.2) is 79.6 Å². The molecule has 2 rings (SSSR count). The standard InChI is InChI=1S/C23H34N4O4S/c1-25-12-5-7-20(25)17-26(14-16-31-3)22(28)18-27(13-6-15-30-2)23(29)24-19-8-10-21(32-4)11-9-19/h5,7-12H,6,13-18H2,1-4H3,(H,24,29). The molecule has 0 bridgehead atoms. The number of nitrogens with zero attached hydrogens (tertiary/aromatic N) is 3. The van der Waals surface area contributed by atoms with E-state index in [0.29, 0.717) is 45.0 Å². The summed E-state index contributed by atoms with van der Waals surface area (Å²) >= 11 is 1.64. The minimum Gasteiger partial charge on any atom is -0.385 e. The van der Waals surface area contributed by atoms with E-state index in [4.69, 9.17) is 9.47 Å². The predicted octanol–water partition coefficient (Wildman–Crippen LogP) is 3.29. The van der Waals surface area contributed by atoms with E-state index in [9.17, 15) is 9.59 Å². The lowest BCUT2D eigenvalue weighted by Gasteiger charge is -2.28. The Balaban J connectivity index is 2.09. The second kappa shape index (κ2) is 13.8. The van der Waals surface area contributed by atoms with Crippen molar-refractivity contribution in [1.29, 1.82) is 0 Å². The molecule has 0 saturated carbocycles. The first-order valence-electron chi connectivity index (χ1n) is 10.5. The third kappa shape index (κ3) is 8.22. The Labute approximate surface area is 194 Å². The summed E-state index contributed by atoms with van der Waals surface area (Å²) < 4.78 is 12.3. The summed E-state index contributed by atoms with van der Waals surface area (Å²) in [6.45, 7) is 2.23. The number of aryl methyl sites for hydroxylation is 1. The van der Waals surface area contributed by atoms with E-state index in [1.165, 1.54) is 4.90 Å². The third-order valence-corrected chi connectivity index (χ3v) is 5.80. The highest BCUT2D eigenvalue weighted by atomic mass is 32.2. The zero-order valence-electron chi connectivity index (χ0n) is 19.4. The third-order valence-electron chi connectivity index (χ3n) is 5.05. The highest BCUT2D eigenvalue weighted by molar-refractivity contribution is 7.98. The van der Waals surface area contributed by atoms with Gasteiger partial charge < -0.3 is 29.2 Å². The quantitative estimate of drug-likeness (QED) is 0.365. The molecular weight excluding hydrogens is 428 g/mol. The van der Waals surface area contributed by atoms with E-state index in [1.54, 1.807) is 30.9 Å². The fourth-order valence-corrected chi connectivity index (χ4v) is 3.55. The predicted molar refractivity (Wildman–Crippen MR) is 128 cm³/mol. The maximum Gasteiger partial charge on any atom is 0.322 e. The Bertz CT molecular complexity index is 841. The summed E-state index contributed by atoms with van der Waals surface area (Å²) in [6, 6.07) is 11.2. The van der Waals surface area contributed by atoms with Crippen LogP contribution in [0.15, 0.2) is 47.5 Å². The molecule has 0 unspecified atom stereocenters. The maximum atomic E-state index is 13.2. The Kier molecular flexibility index (Phi) is 11.1. The smallest absolute Gasteiger partial charge is 0.322 e. The number of hydrogen-bond donors (Lipinski definition) is 1. The monoisotopic (exact) mass is 462 g/mol. The summed E-state index contributed by atoms with van der Waals surface area (Å²) in [6.07, 6.45) is 4.58. The van der Waals surface area contributed by atoms with Crippen molar-refractivity contribution in [1.82, 2.24) is 14.4 Å². The number of rotatable bonds is 13. The van der Waals surface area contributed by atoms with Gasteiger partial charge >= 0.3 is 6.03 Å². The van der Waals surface area contributed by atoms with Crippen molar-refractivity contribution in [3.8, 4) is 0 Å². The number of anilines is 1. The van der Waals surface area contributed by atoms with Crippen LogP contribution in [0.2, 0.25) is 0 Å². The SMILES string of the molecule is COCCCN(CC(=O)N(CCOC)Cc1cccn1C)C(=O)Nc1ccc(SC)cc1. The molecule has 0 aliphatic rings. The number of carbonyl (C=O) groups excluding carboxylic acids is 2. The molecular formula is C23H34N4O4S. The molecule has 2 aromatic rings. The first-order chi connectivity index (χ1) is 15.5. The fraction of sp³-hybridized carbons (Fsp3) is 0.478. The van der Waals surface area contributed by atoms with Crippen LogP contribution in [0.4, 0.5) is 10.5 Å². The largest absolute Gasteiger partial charge is 0.385 e. The summed E-state index contributed by atoms with van der Waals surface area (Å²) in [5.41, 5.74) is 1.70. The number of benzene rings is 1. The highest BCUT2D eigenvalue weighted by Gasteiger charge is 2.22. The second-order valence-electron chi connectivity index (χ2n) is 7.35. The lowest BCUT2D eigenvalue weighted by molar-refractivity contribution is -0.133. The number of aromatic nitrogens is 1. The van der Waals surface area contributed by atoms with Gasteiger partial charge in [-0.25, -0.2) is 4.79 Å². The van der Waals surface area contributed by atoms with E-state index >= 15 is 0 Å². The number of thioether (sulfide) groups is 1. The molecule has 1 aromatic heterocycles. The summed E-state index contributed by atoms with van der Waals surface area (Å²) in [5.74, 6) is -0.131. The molecule has 8 nitrogen and oxygen atoms in total. The van der Waals surface area contributed by atoms with Gasteiger partial charge in [0.1, 0.15) is 6.54 Å². The molecule has 0 spiro atoms. The number of amides is 3. The van der Waals surface area contributed by atoms with Crippen molar-refractivity contribution < 1.29 is 19.1 Å². The van der Waals surface area contributed by atoms with Crippen molar-refractivity contribution in [2.45, 2.75) is 17.9 Å². The second-order valence-corrected chi connectivity index (χ2v) is 8.22. The van der Waals surface area contributed by atoms with Gasteiger partial charge in [0.05, 0.1) is 13.2 Å². The number of methoxy groups -OCH3 is 2. The van der Waals surface area contributed by atoms with Crippen molar-refractivity contribution in [2.75, 3.05) is 58.6 Å². The normalized spacial score (nSPS) is 10.8. The molecule has 3 amide bonds. The van der Waals surface area contributed by atoms with Crippen LogP contribution in [0.3, 0.4) is 0 Å². The van der Waals surface area contributed by atoms with Gasteiger partial charge in [-0.3, -0.25) is 4.79 Å². The first-order valence-corrected chi connectivity index (χ1v) is 11.8. The van der Waals surface area contributed by atoms with Gasteiger partial charge in [0.25, 0.3) is 0 Å². The van der Waals surface area contributed by atoms with Crippen LogP contribution in [-0.2, 0) is 27.9 Å². The number of ether oxygens (including phenoxy) is 2. The van der Waals surface area contributed by atoms with Crippen molar-refractivity contribution in [3.63, 3.8) is 0 Å².